The second kappa shape index (κ2) is 8.93. The van der Waals surface area contributed by atoms with E-state index in [1.54, 1.807) is 29.5 Å². The summed E-state index contributed by atoms with van der Waals surface area (Å²) in [5, 5.41) is 3.88. The quantitative estimate of drug-likeness (QED) is 0.593. The number of fused-ring (bicyclic) bond motifs is 1. The normalized spacial score (nSPS) is 17.1. The first kappa shape index (κ1) is 20.5. The smallest absolute Gasteiger partial charge is 0.248 e. The predicted molar refractivity (Wildman–Crippen MR) is 123 cm³/mol. The van der Waals surface area contributed by atoms with Crippen LogP contribution >= 0.6 is 11.3 Å². The number of benzene rings is 2. The van der Waals surface area contributed by atoms with E-state index in [1.165, 1.54) is 24.6 Å². The Labute approximate surface area is 179 Å². The second-order valence-corrected chi connectivity index (χ2v) is 8.86. The van der Waals surface area contributed by atoms with Crippen molar-refractivity contribution < 1.29 is 9.18 Å². The molecule has 2 aromatic carbocycles. The molecule has 1 aliphatic heterocycles. The van der Waals surface area contributed by atoms with E-state index in [4.69, 9.17) is 4.98 Å². The van der Waals surface area contributed by atoms with Crippen molar-refractivity contribution >= 4 is 44.4 Å². The second-order valence-electron chi connectivity index (χ2n) is 7.85. The summed E-state index contributed by atoms with van der Waals surface area (Å²) in [6.45, 7) is 3.30. The molecule has 1 aromatic heterocycles. The van der Waals surface area contributed by atoms with Crippen molar-refractivity contribution in [2.24, 2.45) is 5.92 Å². The fourth-order valence-corrected chi connectivity index (χ4v) is 4.70. The fourth-order valence-electron chi connectivity index (χ4n) is 3.72. The molecule has 0 saturated carbocycles. The SMILES string of the molecule is CN1CCC(CN(C)c2nc3ccc(NC(=O)/C=C/c4ccc(F)cc4)cc3s2)C1. The number of halogens is 1. The largest absolute Gasteiger partial charge is 0.351 e. The Bertz CT molecular complexity index is 1060. The molecular weight excluding hydrogens is 399 g/mol. The Morgan fingerprint density at radius 2 is 2.13 bits per heavy atom. The number of anilines is 2. The van der Waals surface area contributed by atoms with Crippen molar-refractivity contribution in [1.29, 1.82) is 0 Å². The van der Waals surface area contributed by atoms with Crippen LogP contribution in [0.1, 0.15) is 12.0 Å². The molecule has 2 heterocycles. The lowest BCUT2D eigenvalue weighted by atomic mass is 10.1. The van der Waals surface area contributed by atoms with Gasteiger partial charge in [-0.05, 0) is 67.9 Å². The van der Waals surface area contributed by atoms with Crippen LogP contribution in [-0.4, -0.2) is 49.5 Å². The van der Waals surface area contributed by atoms with Crippen LogP contribution in [0.3, 0.4) is 0 Å². The molecule has 3 aromatic rings. The van der Waals surface area contributed by atoms with Crippen molar-refractivity contribution in [2.45, 2.75) is 6.42 Å². The van der Waals surface area contributed by atoms with Crippen molar-refractivity contribution in [3.63, 3.8) is 0 Å². The van der Waals surface area contributed by atoms with Crippen molar-refractivity contribution in [1.82, 2.24) is 9.88 Å². The minimum atomic E-state index is -0.296. The maximum atomic E-state index is 13.0. The first-order chi connectivity index (χ1) is 14.5. The van der Waals surface area contributed by atoms with Crippen LogP contribution in [0, 0.1) is 11.7 Å². The summed E-state index contributed by atoms with van der Waals surface area (Å²) in [6.07, 6.45) is 4.34. The van der Waals surface area contributed by atoms with Gasteiger partial charge in [0.05, 0.1) is 10.2 Å². The molecule has 0 aliphatic carbocycles. The predicted octanol–water partition coefficient (Wildman–Crippen LogP) is 4.48. The maximum Gasteiger partial charge on any atom is 0.248 e. The van der Waals surface area contributed by atoms with Gasteiger partial charge in [-0.1, -0.05) is 23.5 Å². The summed E-state index contributed by atoms with van der Waals surface area (Å²) in [7, 11) is 4.27. The van der Waals surface area contributed by atoms with E-state index in [0.29, 0.717) is 5.92 Å². The standard InChI is InChI=1S/C23H25FN4OS/c1-27-12-11-17(14-27)15-28(2)23-26-20-9-8-19(13-21(20)30-23)25-22(29)10-5-16-3-6-18(24)7-4-16/h3-10,13,17H,11-12,14-15H2,1-2H3,(H,25,29)/b10-5+. The monoisotopic (exact) mass is 424 g/mol. The molecular formula is C23H25FN4OS. The summed E-state index contributed by atoms with van der Waals surface area (Å²) in [4.78, 5) is 21.6. The molecule has 1 fully saturated rings. The molecule has 7 heteroatoms. The van der Waals surface area contributed by atoms with Gasteiger partial charge in [-0.15, -0.1) is 0 Å². The van der Waals surface area contributed by atoms with Crippen molar-refractivity contribution in [3.05, 3.63) is 59.9 Å². The molecule has 1 aliphatic rings. The van der Waals surface area contributed by atoms with Gasteiger partial charge in [0.2, 0.25) is 5.91 Å². The van der Waals surface area contributed by atoms with E-state index in [9.17, 15) is 9.18 Å². The first-order valence-electron chi connectivity index (χ1n) is 10.0. The van der Waals surface area contributed by atoms with Crippen molar-refractivity contribution in [2.75, 3.05) is 43.9 Å². The molecule has 1 N–H and O–H groups in total. The summed E-state index contributed by atoms with van der Waals surface area (Å²) < 4.78 is 14.0. The minimum Gasteiger partial charge on any atom is -0.351 e. The number of amides is 1. The highest BCUT2D eigenvalue weighted by Crippen LogP contribution is 2.31. The van der Waals surface area contributed by atoms with Crippen LogP contribution in [0.15, 0.2) is 48.5 Å². The molecule has 0 spiro atoms. The third kappa shape index (κ3) is 5.04. The zero-order valence-corrected chi connectivity index (χ0v) is 18.0. The van der Waals surface area contributed by atoms with Gasteiger partial charge in [0, 0.05) is 31.9 Å². The van der Waals surface area contributed by atoms with E-state index in [1.807, 2.05) is 18.2 Å². The summed E-state index contributed by atoms with van der Waals surface area (Å²) in [5.41, 5.74) is 2.43. The lowest BCUT2D eigenvalue weighted by molar-refractivity contribution is -0.111. The van der Waals surface area contributed by atoms with Gasteiger partial charge in [-0.25, -0.2) is 9.37 Å². The van der Waals surface area contributed by atoms with Gasteiger partial charge in [0.1, 0.15) is 5.82 Å². The lowest BCUT2D eigenvalue weighted by Gasteiger charge is -2.20. The zero-order valence-electron chi connectivity index (χ0n) is 17.1. The summed E-state index contributed by atoms with van der Waals surface area (Å²) >= 11 is 1.64. The Morgan fingerprint density at radius 3 is 2.87 bits per heavy atom. The number of aromatic nitrogens is 1. The topological polar surface area (TPSA) is 48.5 Å². The number of hydrogen-bond donors (Lipinski definition) is 1. The number of likely N-dealkylation sites (tertiary alicyclic amines) is 1. The fraction of sp³-hybridized carbons (Fsp3) is 0.304. The van der Waals surface area contributed by atoms with Crippen LogP contribution in [0.5, 0.6) is 0 Å². The Hall–Kier alpha value is -2.77. The average molecular weight is 425 g/mol. The minimum absolute atomic E-state index is 0.231. The third-order valence-electron chi connectivity index (χ3n) is 5.29. The molecule has 5 nitrogen and oxygen atoms in total. The van der Waals surface area contributed by atoms with E-state index in [-0.39, 0.29) is 11.7 Å². The molecule has 1 atom stereocenters. The van der Waals surface area contributed by atoms with Gasteiger partial charge in [-0.2, -0.15) is 0 Å². The zero-order chi connectivity index (χ0) is 21.1. The highest BCUT2D eigenvalue weighted by Gasteiger charge is 2.22. The molecule has 30 heavy (non-hydrogen) atoms. The third-order valence-corrected chi connectivity index (χ3v) is 6.42. The first-order valence-corrected chi connectivity index (χ1v) is 10.8. The molecule has 1 saturated heterocycles. The number of thiazole rings is 1. The van der Waals surface area contributed by atoms with Gasteiger partial charge in [0.25, 0.3) is 0 Å². The molecule has 1 amide bonds. The average Bonchev–Trinajstić information content (AvgIpc) is 3.33. The maximum absolute atomic E-state index is 13.0. The molecule has 4 rings (SSSR count). The van der Waals surface area contributed by atoms with E-state index < -0.39 is 0 Å². The number of carbonyl (C=O) groups excluding carboxylic acids is 1. The van der Waals surface area contributed by atoms with Crippen molar-refractivity contribution in [3.8, 4) is 0 Å². The number of nitrogens with zero attached hydrogens (tertiary/aromatic N) is 3. The van der Waals surface area contributed by atoms with E-state index in [2.05, 4.69) is 29.2 Å². The lowest BCUT2D eigenvalue weighted by Crippen LogP contribution is -2.27. The Kier molecular flexibility index (Phi) is 6.11. The number of nitrogens with one attached hydrogen (secondary N) is 1. The summed E-state index contributed by atoms with van der Waals surface area (Å²) in [5.74, 6) is 0.149. The summed E-state index contributed by atoms with van der Waals surface area (Å²) in [6, 6.07) is 11.8. The molecule has 1 unspecified atom stereocenters. The van der Waals surface area contributed by atoms with Crippen LogP contribution < -0.4 is 10.2 Å². The van der Waals surface area contributed by atoms with Gasteiger partial charge < -0.3 is 15.1 Å². The van der Waals surface area contributed by atoms with Gasteiger partial charge in [0.15, 0.2) is 5.13 Å². The van der Waals surface area contributed by atoms with E-state index in [0.717, 1.165) is 46.2 Å². The van der Waals surface area contributed by atoms with Crippen LogP contribution in [0.2, 0.25) is 0 Å². The molecule has 0 radical (unpaired) electrons. The Morgan fingerprint density at radius 1 is 1.33 bits per heavy atom. The number of carbonyl (C=O) groups is 1. The molecule has 0 bridgehead atoms. The van der Waals surface area contributed by atoms with Crippen LogP contribution in [-0.2, 0) is 4.79 Å². The number of hydrogen-bond acceptors (Lipinski definition) is 5. The Balaban J connectivity index is 1.40. The number of rotatable bonds is 6. The van der Waals surface area contributed by atoms with Crippen LogP contribution in [0.4, 0.5) is 15.2 Å². The molecule has 156 valence electrons. The highest BCUT2D eigenvalue weighted by molar-refractivity contribution is 7.22. The van der Waals surface area contributed by atoms with E-state index >= 15 is 0 Å². The highest BCUT2D eigenvalue weighted by atomic mass is 32.1. The van der Waals surface area contributed by atoms with Gasteiger partial charge in [-0.3, -0.25) is 4.79 Å². The van der Waals surface area contributed by atoms with Crippen LogP contribution in [0.25, 0.3) is 16.3 Å². The van der Waals surface area contributed by atoms with Gasteiger partial charge >= 0.3 is 0 Å².